The summed E-state index contributed by atoms with van der Waals surface area (Å²) in [4.78, 5) is 44.5. The Morgan fingerprint density at radius 1 is 0.879 bits per heavy atom. The molecular weight excluding hydrogens is 426 g/mol. The number of rotatable bonds is 5. The number of ether oxygens (including phenoxy) is 1. The predicted octanol–water partition coefficient (Wildman–Crippen LogP) is 3.65. The van der Waals surface area contributed by atoms with E-state index in [-0.39, 0.29) is 11.4 Å². The number of nitrogens with zero attached hydrogens (tertiary/aromatic N) is 3. The van der Waals surface area contributed by atoms with Crippen molar-refractivity contribution < 1.29 is 24.1 Å². The molecule has 9 heteroatoms. The molecule has 0 spiro atoms. The van der Waals surface area contributed by atoms with Crippen molar-refractivity contribution in [3.63, 3.8) is 0 Å². The number of fused-ring (bicyclic) bond motifs is 1. The van der Waals surface area contributed by atoms with Gasteiger partial charge in [0, 0.05) is 17.7 Å². The van der Waals surface area contributed by atoms with E-state index >= 15 is 0 Å². The second-order valence-corrected chi connectivity index (χ2v) is 7.69. The molecule has 0 aliphatic carbocycles. The molecule has 5 rings (SSSR count). The van der Waals surface area contributed by atoms with Crippen LogP contribution in [0.15, 0.2) is 78.9 Å². The fourth-order valence-corrected chi connectivity index (χ4v) is 4.42. The third-order valence-corrected chi connectivity index (χ3v) is 5.90. The van der Waals surface area contributed by atoms with Gasteiger partial charge in [-0.3, -0.25) is 24.5 Å². The maximum atomic E-state index is 13.6. The van der Waals surface area contributed by atoms with Gasteiger partial charge in [0.15, 0.2) is 6.10 Å². The highest BCUT2D eigenvalue weighted by atomic mass is 16.7. The Morgan fingerprint density at radius 3 is 2.21 bits per heavy atom. The van der Waals surface area contributed by atoms with Crippen LogP contribution in [0.3, 0.4) is 0 Å². The van der Waals surface area contributed by atoms with Crippen LogP contribution in [0.2, 0.25) is 0 Å². The maximum Gasteiger partial charge on any atom is 0.269 e. The molecule has 3 aromatic carbocycles. The number of hydrogen-bond donors (Lipinski definition) is 0. The topological polar surface area (TPSA) is 102 Å². The molecule has 0 radical (unpaired) electrons. The van der Waals surface area contributed by atoms with Crippen LogP contribution in [0, 0.1) is 16.0 Å². The number of anilines is 2. The number of methoxy groups -OCH3 is 1. The third-order valence-electron chi connectivity index (χ3n) is 5.90. The quantitative estimate of drug-likeness (QED) is 0.336. The number of carbonyl (C=O) groups is 2. The summed E-state index contributed by atoms with van der Waals surface area (Å²) in [6.45, 7) is 0. The SMILES string of the molecule is COc1ccccc1[C@H]1[C@@H]2C(=O)N(c3ccc([N+](=O)[O-])cc3)C(=O)[C@H]2ON1c1ccccc1. The Balaban J connectivity index is 1.58. The number of para-hydroxylation sites is 2. The predicted molar refractivity (Wildman–Crippen MR) is 119 cm³/mol. The molecule has 0 N–H and O–H groups in total. The third kappa shape index (κ3) is 3.30. The van der Waals surface area contributed by atoms with E-state index in [4.69, 9.17) is 9.57 Å². The van der Waals surface area contributed by atoms with E-state index in [0.717, 1.165) is 4.90 Å². The number of benzene rings is 3. The number of carbonyl (C=O) groups excluding carboxylic acids is 2. The first-order chi connectivity index (χ1) is 16.0. The number of hydrogen-bond acceptors (Lipinski definition) is 7. The lowest BCUT2D eigenvalue weighted by molar-refractivity contribution is -0.384. The summed E-state index contributed by atoms with van der Waals surface area (Å²) in [6, 6.07) is 21.2. The van der Waals surface area contributed by atoms with Crippen molar-refractivity contribution in [2.24, 2.45) is 5.92 Å². The van der Waals surface area contributed by atoms with E-state index in [1.165, 1.54) is 24.3 Å². The minimum absolute atomic E-state index is 0.128. The van der Waals surface area contributed by atoms with Crippen LogP contribution in [-0.2, 0) is 14.4 Å². The fraction of sp³-hybridized carbons (Fsp3) is 0.167. The van der Waals surface area contributed by atoms with E-state index < -0.39 is 34.8 Å². The molecule has 2 saturated heterocycles. The van der Waals surface area contributed by atoms with Crippen molar-refractivity contribution in [3.05, 3.63) is 94.5 Å². The smallest absolute Gasteiger partial charge is 0.269 e. The highest BCUT2D eigenvalue weighted by Gasteiger charge is 2.60. The van der Waals surface area contributed by atoms with Crippen molar-refractivity contribution in [2.45, 2.75) is 12.1 Å². The van der Waals surface area contributed by atoms with Gasteiger partial charge in [0.1, 0.15) is 11.7 Å². The first kappa shape index (κ1) is 20.7. The van der Waals surface area contributed by atoms with Crippen LogP contribution in [0.4, 0.5) is 17.1 Å². The largest absolute Gasteiger partial charge is 0.496 e. The number of amides is 2. The Morgan fingerprint density at radius 2 is 1.55 bits per heavy atom. The van der Waals surface area contributed by atoms with Gasteiger partial charge in [-0.1, -0.05) is 36.4 Å². The van der Waals surface area contributed by atoms with Crippen molar-refractivity contribution in [2.75, 3.05) is 17.1 Å². The highest BCUT2D eigenvalue weighted by Crippen LogP contribution is 2.49. The normalized spacial score (nSPS) is 21.9. The maximum absolute atomic E-state index is 13.6. The molecule has 0 unspecified atom stereocenters. The van der Waals surface area contributed by atoms with E-state index in [2.05, 4.69) is 0 Å². The number of imide groups is 1. The van der Waals surface area contributed by atoms with Gasteiger partial charge in [-0.05, 0) is 30.3 Å². The Hall–Kier alpha value is -4.24. The molecule has 33 heavy (non-hydrogen) atoms. The number of nitro groups is 1. The zero-order chi connectivity index (χ0) is 23.1. The Kier molecular flexibility index (Phi) is 5.02. The van der Waals surface area contributed by atoms with Crippen LogP contribution in [0.5, 0.6) is 5.75 Å². The van der Waals surface area contributed by atoms with Gasteiger partial charge in [-0.2, -0.15) is 0 Å². The zero-order valence-electron chi connectivity index (χ0n) is 17.5. The second-order valence-electron chi connectivity index (χ2n) is 7.69. The van der Waals surface area contributed by atoms with E-state index in [1.807, 2.05) is 48.5 Å². The van der Waals surface area contributed by atoms with E-state index in [1.54, 1.807) is 18.2 Å². The average Bonchev–Trinajstić information content (AvgIpc) is 3.35. The summed E-state index contributed by atoms with van der Waals surface area (Å²) < 4.78 is 5.54. The highest BCUT2D eigenvalue weighted by molar-refractivity contribution is 6.24. The van der Waals surface area contributed by atoms with Crippen molar-refractivity contribution >= 4 is 28.9 Å². The van der Waals surface area contributed by atoms with Crippen LogP contribution in [0.25, 0.3) is 0 Å². The first-order valence-corrected chi connectivity index (χ1v) is 10.3. The van der Waals surface area contributed by atoms with E-state index in [0.29, 0.717) is 17.0 Å². The van der Waals surface area contributed by atoms with Crippen LogP contribution in [0.1, 0.15) is 11.6 Å². The Labute approximate surface area is 188 Å². The monoisotopic (exact) mass is 445 g/mol. The minimum Gasteiger partial charge on any atom is -0.496 e. The molecule has 3 aromatic rings. The summed E-state index contributed by atoms with van der Waals surface area (Å²) in [6.07, 6.45) is -1.04. The molecule has 2 aliphatic heterocycles. The average molecular weight is 445 g/mol. The molecule has 2 fully saturated rings. The summed E-state index contributed by atoms with van der Waals surface area (Å²) in [5, 5.41) is 12.6. The molecule has 3 atom stereocenters. The molecule has 0 saturated carbocycles. The number of nitro benzene ring substituents is 1. The second kappa shape index (κ2) is 8.03. The van der Waals surface area contributed by atoms with Crippen molar-refractivity contribution in [1.29, 1.82) is 0 Å². The van der Waals surface area contributed by atoms with Crippen molar-refractivity contribution in [3.8, 4) is 5.75 Å². The van der Waals surface area contributed by atoms with E-state index in [9.17, 15) is 19.7 Å². The van der Waals surface area contributed by atoms with Crippen LogP contribution >= 0.6 is 0 Å². The minimum atomic E-state index is -1.04. The van der Waals surface area contributed by atoms with Gasteiger partial charge >= 0.3 is 0 Å². The molecule has 0 bridgehead atoms. The zero-order valence-corrected chi connectivity index (χ0v) is 17.5. The standard InChI is InChI=1S/C24H19N3O6/c1-32-19-10-6-5-9-18(19)21-20-22(33-26(21)16-7-3-2-4-8-16)24(29)25(23(20)28)15-11-13-17(14-12-15)27(30)31/h2-14,20-22H,1H3/t20-,21-,22-/m0/s1. The molecule has 2 amide bonds. The van der Waals surface area contributed by atoms with Gasteiger partial charge in [0.25, 0.3) is 11.6 Å². The van der Waals surface area contributed by atoms with Gasteiger partial charge in [-0.15, -0.1) is 0 Å². The molecule has 0 aromatic heterocycles. The summed E-state index contributed by atoms with van der Waals surface area (Å²) in [5.41, 5.74) is 1.54. The van der Waals surface area contributed by atoms with Crippen LogP contribution in [-0.4, -0.2) is 30.0 Å². The lowest BCUT2D eigenvalue weighted by Gasteiger charge is -2.29. The molecule has 166 valence electrons. The van der Waals surface area contributed by atoms with Crippen molar-refractivity contribution in [1.82, 2.24) is 0 Å². The fourth-order valence-electron chi connectivity index (χ4n) is 4.42. The summed E-state index contributed by atoms with van der Waals surface area (Å²) >= 11 is 0. The van der Waals surface area contributed by atoms with Gasteiger partial charge in [-0.25, -0.2) is 9.96 Å². The summed E-state index contributed by atoms with van der Waals surface area (Å²) in [5.74, 6) is -1.21. The number of hydroxylamine groups is 1. The molecule has 2 heterocycles. The number of non-ortho nitro benzene ring substituents is 1. The van der Waals surface area contributed by atoms with Crippen LogP contribution < -0.4 is 14.7 Å². The first-order valence-electron chi connectivity index (χ1n) is 10.3. The lowest BCUT2D eigenvalue weighted by atomic mass is 9.90. The molecular formula is C24H19N3O6. The van der Waals surface area contributed by atoms with Gasteiger partial charge < -0.3 is 4.74 Å². The van der Waals surface area contributed by atoms with Gasteiger partial charge in [0.05, 0.1) is 29.4 Å². The lowest BCUT2D eigenvalue weighted by Crippen LogP contribution is -2.37. The Bertz CT molecular complexity index is 1230. The van der Waals surface area contributed by atoms with Gasteiger partial charge in [0.2, 0.25) is 5.91 Å². The molecule has 9 nitrogen and oxygen atoms in total. The molecule has 2 aliphatic rings. The summed E-state index contributed by atoms with van der Waals surface area (Å²) in [7, 11) is 1.55.